The average Bonchev–Trinajstić information content (AvgIpc) is 2.03. The van der Waals surface area contributed by atoms with Gasteiger partial charge in [-0.2, -0.15) is 0 Å². The monoisotopic (exact) mass is 250 g/mol. The minimum Gasteiger partial charge on any atom is -0.733 e. The summed E-state index contributed by atoms with van der Waals surface area (Å²) in [5, 5.41) is 19.9. The van der Waals surface area contributed by atoms with Gasteiger partial charge in [-0.1, -0.05) is 33.6 Å². The molecule has 0 unspecified atom stereocenters. The molecule has 0 radical (unpaired) electrons. The van der Waals surface area contributed by atoms with E-state index in [1.165, 1.54) is 6.07 Å². The van der Waals surface area contributed by atoms with Crippen molar-refractivity contribution >= 4 is 33.2 Å². The Labute approximate surface area is 83.2 Å². The second-order valence-corrected chi connectivity index (χ2v) is 3.11. The first kappa shape index (κ1) is 9.80. The average molecular weight is 251 g/mol. The maximum Gasteiger partial charge on any atom is 0.0564 e. The van der Waals surface area contributed by atoms with E-state index in [9.17, 15) is 5.21 Å². The standard InChI is InChI=1S/C7H6BrClNO2/c8-4-5-6(9)2-1-3-7(5)10(11)12/h1-3,11H,4H2/q-1. The first-order chi connectivity index (χ1) is 5.66. The lowest BCUT2D eigenvalue weighted by Crippen LogP contribution is -2.09. The Bertz CT molecular complexity index is 280. The Kier molecular flexibility index (Phi) is 3.34. The third kappa shape index (κ3) is 1.90. The first-order valence-corrected chi connectivity index (χ1v) is 4.66. The fourth-order valence-electron chi connectivity index (χ4n) is 0.859. The van der Waals surface area contributed by atoms with Gasteiger partial charge in [0.2, 0.25) is 0 Å². The maximum absolute atomic E-state index is 10.6. The van der Waals surface area contributed by atoms with Crippen LogP contribution in [-0.4, -0.2) is 5.21 Å². The van der Waals surface area contributed by atoms with Crippen LogP contribution in [0.4, 0.5) is 5.69 Å². The molecule has 0 aromatic heterocycles. The molecule has 0 saturated heterocycles. The van der Waals surface area contributed by atoms with Crippen LogP contribution >= 0.6 is 27.5 Å². The molecule has 0 bridgehead atoms. The molecule has 1 aromatic carbocycles. The molecule has 0 aliphatic carbocycles. The Morgan fingerprint density at radius 3 is 2.67 bits per heavy atom. The summed E-state index contributed by atoms with van der Waals surface area (Å²) >= 11 is 8.93. The quantitative estimate of drug-likeness (QED) is 0.649. The van der Waals surface area contributed by atoms with Crippen LogP contribution in [0.3, 0.4) is 0 Å². The molecule has 5 heteroatoms. The van der Waals surface area contributed by atoms with E-state index in [0.717, 1.165) is 0 Å². The Balaban J connectivity index is 3.18. The molecule has 1 rings (SSSR count). The number of nitrogens with zero attached hydrogens (tertiary/aromatic N) is 1. The molecule has 0 fully saturated rings. The first-order valence-electron chi connectivity index (χ1n) is 3.16. The Morgan fingerprint density at radius 1 is 1.58 bits per heavy atom. The summed E-state index contributed by atoms with van der Waals surface area (Å²) in [6.07, 6.45) is 0. The molecule has 0 aliphatic rings. The van der Waals surface area contributed by atoms with Gasteiger partial charge in [0.1, 0.15) is 0 Å². The zero-order chi connectivity index (χ0) is 9.14. The molecule has 1 aromatic rings. The summed E-state index contributed by atoms with van der Waals surface area (Å²) < 4.78 is 0. The van der Waals surface area contributed by atoms with Crippen LogP contribution in [0.5, 0.6) is 0 Å². The second-order valence-electron chi connectivity index (χ2n) is 2.14. The molecule has 0 heterocycles. The van der Waals surface area contributed by atoms with Crippen molar-refractivity contribution in [3.8, 4) is 0 Å². The van der Waals surface area contributed by atoms with Gasteiger partial charge in [0, 0.05) is 15.9 Å². The smallest absolute Gasteiger partial charge is 0.0564 e. The van der Waals surface area contributed by atoms with E-state index in [2.05, 4.69) is 15.9 Å². The van der Waals surface area contributed by atoms with Gasteiger partial charge >= 0.3 is 0 Å². The van der Waals surface area contributed by atoms with Crippen molar-refractivity contribution in [3.63, 3.8) is 0 Å². The van der Waals surface area contributed by atoms with Crippen molar-refractivity contribution in [1.29, 1.82) is 0 Å². The minimum atomic E-state index is -0.192. The predicted molar refractivity (Wildman–Crippen MR) is 51.7 cm³/mol. The van der Waals surface area contributed by atoms with Crippen LogP contribution in [0.1, 0.15) is 5.56 Å². The minimum absolute atomic E-state index is 0.166. The highest BCUT2D eigenvalue weighted by atomic mass is 79.9. The van der Waals surface area contributed by atoms with Crippen molar-refractivity contribution in [3.05, 3.63) is 34.0 Å². The van der Waals surface area contributed by atoms with Crippen LogP contribution < -0.4 is 5.23 Å². The Hall–Kier alpha value is -0.290. The number of halogens is 2. The third-order valence-electron chi connectivity index (χ3n) is 1.43. The molecule has 0 saturated carbocycles. The molecular weight excluding hydrogens is 245 g/mol. The Morgan fingerprint density at radius 2 is 2.25 bits per heavy atom. The van der Waals surface area contributed by atoms with Crippen molar-refractivity contribution < 1.29 is 5.21 Å². The van der Waals surface area contributed by atoms with E-state index >= 15 is 0 Å². The van der Waals surface area contributed by atoms with Gasteiger partial charge < -0.3 is 10.4 Å². The number of anilines is 1. The highest BCUT2D eigenvalue weighted by Crippen LogP contribution is 2.28. The van der Waals surface area contributed by atoms with Gasteiger partial charge in [0.15, 0.2) is 0 Å². The number of hydrogen-bond acceptors (Lipinski definition) is 3. The lowest BCUT2D eigenvalue weighted by molar-refractivity contribution is 0.296. The molecule has 0 atom stereocenters. The van der Waals surface area contributed by atoms with E-state index < -0.39 is 0 Å². The lowest BCUT2D eigenvalue weighted by Gasteiger charge is -2.24. The van der Waals surface area contributed by atoms with Crippen molar-refractivity contribution in [2.24, 2.45) is 0 Å². The van der Waals surface area contributed by atoms with Gasteiger partial charge in [-0.05, 0) is 12.1 Å². The number of alkyl halides is 1. The van der Waals surface area contributed by atoms with Gasteiger partial charge in [-0.3, -0.25) is 5.21 Å². The molecular formula is C7H6BrClNO2-. The molecule has 0 spiro atoms. The van der Waals surface area contributed by atoms with E-state index in [4.69, 9.17) is 16.8 Å². The van der Waals surface area contributed by atoms with E-state index in [1.807, 2.05) is 0 Å². The summed E-state index contributed by atoms with van der Waals surface area (Å²) in [5.41, 5.74) is 0.746. The summed E-state index contributed by atoms with van der Waals surface area (Å²) in [6.45, 7) is 0. The van der Waals surface area contributed by atoms with Crippen LogP contribution in [0.15, 0.2) is 18.2 Å². The number of rotatable bonds is 2. The van der Waals surface area contributed by atoms with Gasteiger partial charge in [-0.15, -0.1) is 0 Å². The highest BCUT2D eigenvalue weighted by molar-refractivity contribution is 9.08. The largest absolute Gasteiger partial charge is 0.733 e. The SMILES string of the molecule is [O-]N(O)c1cccc(Cl)c1CBr. The molecule has 3 nitrogen and oxygen atoms in total. The van der Waals surface area contributed by atoms with E-state index in [-0.39, 0.29) is 10.9 Å². The zero-order valence-electron chi connectivity index (χ0n) is 6.00. The van der Waals surface area contributed by atoms with Crippen LogP contribution in [0.25, 0.3) is 0 Å². The molecule has 0 aliphatic heterocycles. The highest BCUT2D eigenvalue weighted by Gasteiger charge is 2.05. The van der Waals surface area contributed by atoms with Gasteiger partial charge in [0.25, 0.3) is 0 Å². The summed E-state index contributed by atoms with van der Waals surface area (Å²) in [7, 11) is 0. The summed E-state index contributed by atoms with van der Waals surface area (Å²) in [5.74, 6) is 0. The van der Waals surface area contributed by atoms with E-state index in [0.29, 0.717) is 15.9 Å². The lowest BCUT2D eigenvalue weighted by atomic mass is 10.2. The fourth-order valence-corrected chi connectivity index (χ4v) is 1.85. The molecule has 1 N–H and O–H groups in total. The van der Waals surface area contributed by atoms with Crippen molar-refractivity contribution in [2.75, 3.05) is 5.23 Å². The van der Waals surface area contributed by atoms with Crippen LogP contribution in [-0.2, 0) is 5.33 Å². The van der Waals surface area contributed by atoms with Crippen molar-refractivity contribution in [2.45, 2.75) is 5.33 Å². The normalized spacial score (nSPS) is 10.0. The van der Waals surface area contributed by atoms with Gasteiger partial charge in [0.05, 0.1) is 5.69 Å². The predicted octanol–water partition coefficient (Wildman–Crippen LogP) is 2.93. The number of hydrogen-bond donors (Lipinski definition) is 1. The fraction of sp³-hybridized carbons (Fsp3) is 0.143. The third-order valence-corrected chi connectivity index (χ3v) is 2.35. The van der Waals surface area contributed by atoms with E-state index in [1.54, 1.807) is 12.1 Å². The van der Waals surface area contributed by atoms with Crippen LogP contribution in [0.2, 0.25) is 5.02 Å². The molecule has 66 valence electrons. The zero-order valence-corrected chi connectivity index (χ0v) is 8.34. The summed E-state index contributed by atoms with van der Waals surface area (Å²) in [6, 6.07) is 4.76. The van der Waals surface area contributed by atoms with Crippen LogP contribution in [0, 0.1) is 5.21 Å². The van der Waals surface area contributed by atoms with Crippen molar-refractivity contribution in [1.82, 2.24) is 0 Å². The maximum atomic E-state index is 10.6. The molecule has 12 heavy (non-hydrogen) atoms. The summed E-state index contributed by atoms with van der Waals surface area (Å²) in [4.78, 5) is 0. The number of benzene rings is 1. The topological polar surface area (TPSA) is 46.5 Å². The molecule has 0 amide bonds. The second kappa shape index (κ2) is 4.09. The van der Waals surface area contributed by atoms with Gasteiger partial charge in [-0.25, -0.2) is 0 Å².